The van der Waals surface area contributed by atoms with E-state index in [-0.39, 0.29) is 5.75 Å². The van der Waals surface area contributed by atoms with Gasteiger partial charge in [-0.1, -0.05) is 30.3 Å². The van der Waals surface area contributed by atoms with Crippen LogP contribution in [0.4, 0.5) is 8.78 Å². The number of aryl methyl sites for hydroxylation is 1. The van der Waals surface area contributed by atoms with Crippen LogP contribution in [0.2, 0.25) is 0 Å². The average molecular weight is 326 g/mol. The zero-order chi connectivity index (χ0) is 16.3. The number of aliphatic hydroxyl groups is 1. The number of sulfone groups is 1. The molecule has 0 aliphatic heterocycles. The molecule has 6 heteroatoms. The van der Waals surface area contributed by atoms with Crippen LogP contribution in [0.1, 0.15) is 22.8 Å². The summed E-state index contributed by atoms with van der Waals surface area (Å²) >= 11 is 0. The third kappa shape index (κ3) is 3.90. The second kappa shape index (κ2) is 6.54. The number of hydrogen-bond acceptors (Lipinski definition) is 3. The first-order chi connectivity index (χ1) is 10.3. The summed E-state index contributed by atoms with van der Waals surface area (Å²) in [4.78, 5) is 0. The van der Waals surface area contributed by atoms with E-state index in [2.05, 4.69) is 0 Å². The van der Waals surface area contributed by atoms with Gasteiger partial charge in [0.15, 0.2) is 9.84 Å². The summed E-state index contributed by atoms with van der Waals surface area (Å²) in [6.45, 7) is 1.78. The Labute approximate surface area is 128 Å². The molecule has 0 radical (unpaired) electrons. The van der Waals surface area contributed by atoms with Gasteiger partial charge in [0.1, 0.15) is 11.6 Å². The summed E-state index contributed by atoms with van der Waals surface area (Å²) in [5.41, 5.74) is 0.789. The fourth-order valence-electron chi connectivity index (χ4n) is 2.22. The monoisotopic (exact) mass is 326 g/mol. The maximum Gasteiger partial charge on any atom is 0.157 e. The Morgan fingerprint density at radius 2 is 1.64 bits per heavy atom. The van der Waals surface area contributed by atoms with Crippen molar-refractivity contribution in [1.82, 2.24) is 0 Å². The van der Waals surface area contributed by atoms with Crippen LogP contribution in [0.25, 0.3) is 0 Å². The van der Waals surface area contributed by atoms with E-state index < -0.39 is 38.9 Å². The third-order valence-electron chi connectivity index (χ3n) is 3.38. The van der Waals surface area contributed by atoms with Crippen molar-refractivity contribution in [2.45, 2.75) is 18.8 Å². The SMILES string of the molecule is Cc1ccccc1CS(=O)(=O)CC(O)c1c(F)cccc1F. The zero-order valence-corrected chi connectivity index (χ0v) is 12.8. The van der Waals surface area contributed by atoms with Gasteiger partial charge in [0.25, 0.3) is 0 Å². The quantitative estimate of drug-likeness (QED) is 0.919. The van der Waals surface area contributed by atoms with Gasteiger partial charge in [-0.25, -0.2) is 17.2 Å². The Bertz CT molecular complexity index is 752. The van der Waals surface area contributed by atoms with Crippen LogP contribution in [0.5, 0.6) is 0 Å². The van der Waals surface area contributed by atoms with Gasteiger partial charge in [-0.15, -0.1) is 0 Å². The smallest absolute Gasteiger partial charge is 0.157 e. The van der Waals surface area contributed by atoms with Crippen molar-refractivity contribution in [3.8, 4) is 0 Å². The van der Waals surface area contributed by atoms with Crippen molar-refractivity contribution < 1.29 is 22.3 Å². The van der Waals surface area contributed by atoms with Crippen LogP contribution in [-0.4, -0.2) is 19.3 Å². The van der Waals surface area contributed by atoms with Gasteiger partial charge in [-0.05, 0) is 30.2 Å². The van der Waals surface area contributed by atoms with Crippen molar-refractivity contribution in [2.75, 3.05) is 5.75 Å². The lowest BCUT2D eigenvalue weighted by molar-refractivity contribution is 0.191. The fraction of sp³-hybridized carbons (Fsp3) is 0.250. The molecule has 22 heavy (non-hydrogen) atoms. The molecule has 2 rings (SSSR count). The molecule has 0 aromatic heterocycles. The minimum atomic E-state index is -3.72. The van der Waals surface area contributed by atoms with E-state index in [9.17, 15) is 22.3 Å². The van der Waals surface area contributed by atoms with Crippen molar-refractivity contribution in [2.24, 2.45) is 0 Å². The molecule has 1 atom stereocenters. The van der Waals surface area contributed by atoms with Gasteiger partial charge in [-0.3, -0.25) is 0 Å². The zero-order valence-electron chi connectivity index (χ0n) is 12.0. The Morgan fingerprint density at radius 3 is 2.23 bits per heavy atom. The molecule has 0 bridgehead atoms. The van der Waals surface area contributed by atoms with Gasteiger partial charge in [0, 0.05) is 0 Å². The molecule has 3 nitrogen and oxygen atoms in total. The number of rotatable bonds is 5. The first-order valence-electron chi connectivity index (χ1n) is 6.67. The van der Waals surface area contributed by atoms with Gasteiger partial charge >= 0.3 is 0 Å². The Hall–Kier alpha value is -1.79. The number of hydrogen-bond donors (Lipinski definition) is 1. The summed E-state index contributed by atoms with van der Waals surface area (Å²) in [5.74, 6) is -2.94. The van der Waals surface area contributed by atoms with Crippen LogP contribution >= 0.6 is 0 Å². The topological polar surface area (TPSA) is 54.4 Å². The minimum absolute atomic E-state index is 0.285. The second-order valence-corrected chi connectivity index (χ2v) is 7.24. The fourth-order valence-corrected chi connectivity index (χ4v) is 3.78. The molecule has 2 aromatic carbocycles. The van der Waals surface area contributed by atoms with E-state index in [4.69, 9.17) is 0 Å². The van der Waals surface area contributed by atoms with Crippen LogP contribution in [0, 0.1) is 18.6 Å². The van der Waals surface area contributed by atoms with Crippen molar-refractivity contribution in [3.05, 3.63) is 70.8 Å². The van der Waals surface area contributed by atoms with E-state index in [0.29, 0.717) is 5.56 Å². The molecule has 0 aliphatic rings. The van der Waals surface area contributed by atoms with E-state index in [1.807, 2.05) is 0 Å². The highest BCUT2D eigenvalue weighted by Gasteiger charge is 2.24. The molecule has 0 saturated heterocycles. The third-order valence-corrected chi connectivity index (χ3v) is 4.96. The van der Waals surface area contributed by atoms with Gasteiger partial charge in [0.2, 0.25) is 0 Å². The number of aliphatic hydroxyl groups excluding tert-OH is 1. The second-order valence-electron chi connectivity index (χ2n) is 5.13. The van der Waals surface area contributed by atoms with E-state index >= 15 is 0 Å². The first kappa shape index (κ1) is 16.6. The molecule has 1 N–H and O–H groups in total. The maximum atomic E-state index is 13.6. The maximum absolute atomic E-state index is 13.6. The summed E-state index contributed by atoms with van der Waals surface area (Å²) in [5, 5.41) is 9.91. The summed E-state index contributed by atoms with van der Waals surface area (Å²) < 4.78 is 51.5. The van der Waals surface area contributed by atoms with Crippen LogP contribution in [0.3, 0.4) is 0 Å². The molecular weight excluding hydrogens is 310 g/mol. The molecule has 0 heterocycles. The highest BCUT2D eigenvalue weighted by molar-refractivity contribution is 7.90. The highest BCUT2D eigenvalue weighted by atomic mass is 32.2. The Balaban J connectivity index is 2.20. The van der Waals surface area contributed by atoms with Crippen molar-refractivity contribution in [3.63, 3.8) is 0 Å². The molecule has 0 aliphatic carbocycles. The molecule has 0 fully saturated rings. The lowest BCUT2D eigenvalue weighted by atomic mass is 10.1. The predicted octanol–water partition coefficient (Wildman–Crippen LogP) is 2.92. The van der Waals surface area contributed by atoms with E-state index in [0.717, 1.165) is 23.8 Å². The Morgan fingerprint density at radius 1 is 1.05 bits per heavy atom. The molecule has 0 amide bonds. The predicted molar refractivity (Wildman–Crippen MR) is 80.0 cm³/mol. The normalized spacial score (nSPS) is 13.1. The minimum Gasteiger partial charge on any atom is -0.387 e. The summed E-state index contributed by atoms with van der Waals surface area (Å²) in [7, 11) is -3.72. The van der Waals surface area contributed by atoms with Crippen molar-refractivity contribution >= 4 is 9.84 Å². The first-order valence-corrected chi connectivity index (χ1v) is 8.49. The lowest BCUT2D eigenvalue weighted by Gasteiger charge is -2.14. The lowest BCUT2D eigenvalue weighted by Crippen LogP contribution is -2.18. The van der Waals surface area contributed by atoms with Crippen LogP contribution in [0.15, 0.2) is 42.5 Å². The summed E-state index contributed by atoms with van der Waals surface area (Å²) in [6, 6.07) is 10.1. The molecule has 0 saturated carbocycles. The van der Waals surface area contributed by atoms with Gasteiger partial charge in [0.05, 0.1) is 23.2 Å². The Kier molecular flexibility index (Phi) is 4.93. The number of halogens is 2. The van der Waals surface area contributed by atoms with Gasteiger partial charge in [-0.2, -0.15) is 0 Å². The average Bonchev–Trinajstić information content (AvgIpc) is 2.40. The van der Waals surface area contributed by atoms with Crippen molar-refractivity contribution in [1.29, 1.82) is 0 Å². The van der Waals surface area contributed by atoms with Gasteiger partial charge < -0.3 is 5.11 Å². The number of benzene rings is 2. The van der Waals surface area contributed by atoms with E-state index in [1.165, 1.54) is 0 Å². The standard InChI is InChI=1S/C16H16F2O3S/c1-11-5-2-3-6-12(11)9-22(20,21)10-15(19)16-13(17)7-4-8-14(16)18/h2-8,15,19H,9-10H2,1H3. The molecule has 2 aromatic rings. The molecule has 118 valence electrons. The largest absolute Gasteiger partial charge is 0.387 e. The summed E-state index contributed by atoms with van der Waals surface area (Å²) in [6.07, 6.45) is -1.74. The van der Waals surface area contributed by atoms with Crippen LogP contribution in [-0.2, 0) is 15.6 Å². The molecule has 0 spiro atoms. The highest BCUT2D eigenvalue weighted by Crippen LogP contribution is 2.23. The van der Waals surface area contributed by atoms with E-state index in [1.54, 1.807) is 31.2 Å². The molecular formula is C16H16F2O3S. The molecule has 1 unspecified atom stereocenters. The van der Waals surface area contributed by atoms with Crippen LogP contribution < -0.4 is 0 Å².